The van der Waals surface area contributed by atoms with Crippen LogP contribution in [0.2, 0.25) is 0 Å². The van der Waals surface area contributed by atoms with Crippen LogP contribution in [0.4, 0.5) is 0 Å². The molecule has 0 aliphatic carbocycles. The molecule has 2 nitrogen and oxygen atoms in total. The smallest absolute Gasteiger partial charge is 0.160 e. The van der Waals surface area contributed by atoms with Crippen LogP contribution in [-0.2, 0) is 9.84 Å². The van der Waals surface area contributed by atoms with Crippen molar-refractivity contribution in [2.45, 2.75) is 70.3 Å². The summed E-state index contributed by atoms with van der Waals surface area (Å²) in [6, 6.07) is 0. The molecule has 0 bridgehead atoms. The van der Waals surface area contributed by atoms with Gasteiger partial charge in [0.05, 0.1) is 9.49 Å². The maximum Gasteiger partial charge on any atom is 0.160 e. The number of hydrogen-bond donors (Lipinski definition) is 0. The van der Waals surface area contributed by atoms with Gasteiger partial charge in [0, 0.05) is 0 Å². The lowest BCUT2D eigenvalue weighted by Crippen LogP contribution is -2.46. The van der Waals surface area contributed by atoms with Gasteiger partial charge in [0.15, 0.2) is 9.84 Å². The fourth-order valence-corrected chi connectivity index (χ4v) is 3.96. The average molecular weight is 220 g/mol. The third-order valence-corrected chi connectivity index (χ3v) is 7.34. The summed E-state index contributed by atoms with van der Waals surface area (Å²) in [7, 11) is -3.05. The fraction of sp³-hybridized carbons (Fsp3) is 1.00. The predicted molar refractivity (Wildman–Crippen MR) is 62.3 cm³/mol. The summed E-state index contributed by atoms with van der Waals surface area (Å²) < 4.78 is 23.6. The summed E-state index contributed by atoms with van der Waals surface area (Å²) in [4.78, 5) is 0. The Balaban J connectivity index is 5.35. The van der Waals surface area contributed by atoms with Crippen LogP contribution < -0.4 is 0 Å². The Morgan fingerprint density at radius 1 is 0.857 bits per heavy atom. The highest BCUT2D eigenvalue weighted by atomic mass is 32.2. The maximum atomic E-state index is 12.4. The van der Waals surface area contributed by atoms with E-state index >= 15 is 0 Å². The third kappa shape index (κ3) is 1.97. The van der Waals surface area contributed by atoms with Gasteiger partial charge in [0.1, 0.15) is 0 Å². The molecule has 0 saturated carbocycles. The molecule has 0 spiro atoms. The Labute approximate surface area is 89.0 Å². The molecule has 86 valence electrons. The first-order valence-electron chi connectivity index (χ1n) is 5.42. The summed E-state index contributed by atoms with van der Waals surface area (Å²) in [6.07, 6.45) is 2.05. The van der Waals surface area contributed by atoms with Crippen molar-refractivity contribution in [3.8, 4) is 0 Å². The molecule has 0 fully saturated rings. The van der Waals surface area contributed by atoms with Gasteiger partial charge in [-0.1, -0.05) is 20.8 Å². The second-order valence-electron chi connectivity index (χ2n) is 4.77. The van der Waals surface area contributed by atoms with E-state index in [1.807, 2.05) is 41.5 Å². The standard InChI is InChI=1S/C11H24O2S/c1-7-10(4,5)14(12,13)11(6,8-2)9-3/h7-9H2,1-6H3. The molecule has 0 N–H and O–H groups in total. The largest absolute Gasteiger partial charge is 0.228 e. The molecular weight excluding hydrogens is 196 g/mol. The maximum absolute atomic E-state index is 12.4. The number of rotatable bonds is 5. The average Bonchev–Trinajstić information content (AvgIpc) is 2.15. The summed E-state index contributed by atoms with van der Waals surface area (Å²) in [5.74, 6) is 0. The van der Waals surface area contributed by atoms with Gasteiger partial charge in [0.2, 0.25) is 0 Å². The lowest BCUT2D eigenvalue weighted by molar-refractivity contribution is 0.468. The van der Waals surface area contributed by atoms with Gasteiger partial charge < -0.3 is 0 Å². The first-order valence-corrected chi connectivity index (χ1v) is 6.91. The monoisotopic (exact) mass is 220 g/mol. The van der Waals surface area contributed by atoms with E-state index in [1.54, 1.807) is 0 Å². The molecule has 0 radical (unpaired) electrons. The van der Waals surface area contributed by atoms with Crippen LogP contribution in [-0.4, -0.2) is 17.9 Å². The molecule has 0 saturated heterocycles. The highest BCUT2D eigenvalue weighted by molar-refractivity contribution is 7.94. The summed E-state index contributed by atoms with van der Waals surface area (Å²) in [5, 5.41) is 0. The second kappa shape index (κ2) is 4.21. The molecule has 0 aliphatic rings. The Hall–Kier alpha value is -0.0500. The van der Waals surface area contributed by atoms with Crippen LogP contribution in [0, 0.1) is 0 Å². The first kappa shape index (κ1) is 13.9. The van der Waals surface area contributed by atoms with E-state index in [0.29, 0.717) is 19.3 Å². The Kier molecular flexibility index (Phi) is 4.20. The molecule has 0 aromatic carbocycles. The minimum atomic E-state index is -3.05. The molecule has 0 aromatic heterocycles. The van der Waals surface area contributed by atoms with E-state index in [1.165, 1.54) is 0 Å². The van der Waals surface area contributed by atoms with E-state index in [4.69, 9.17) is 0 Å². The lowest BCUT2D eigenvalue weighted by Gasteiger charge is -2.35. The van der Waals surface area contributed by atoms with Crippen molar-refractivity contribution in [2.75, 3.05) is 0 Å². The Morgan fingerprint density at radius 2 is 1.21 bits per heavy atom. The van der Waals surface area contributed by atoms with Gasteiger partial charge in [0.25, 0.3) is 0 Å². The minimum Gasteiger partial charge on any atom is -0.228 e. The van der Waals surface area contributed by atoms with Crippen molar-refractivity contribution in [2.24, 2.45) is 0 Å². The van der Waals surface area contributed by atoms with Gasteiger partial charge in [-0.05, 0) is 40.0 Å². The fourth-order valence-electron chi connectivity index (χ4n) is 1.49. The van der Waals surface area contributed by atoms with Gasteiger partial charge >= 0.3 is 0 Å². The molecule has 0 unspecified atom stereocenters. The molecule has 0 heterocycles. The van der Waals surface area contributed by atoms with Crippen molar-refractivity contribution in [1.82, 2.24) is 0 Å². The normalized spacial score (nSPS) is 14.4. The van der Waals surface area contributed by atoms with E-state index in [-0.39, 0.29) is 0 Å². The van der Waals surface area contributed by atoms with Crippen molar-refractivity contribution < 1.29 is 8.42 Å². The van der Waals surface area contributed by atoms with Gasteiger partial charge in [-0.25, -0.2) is 8.42 Å². The molecule has 0 amide bonds. The Morgan fingerprint density at radius 3 is 1.43 bits per heavy atom. The molecule has 3 heteroatoms. The molecule has 14 heavy (non-hydrogen) atoms. The zero-order valence-corrected chi connectivity index (χ0v) is 11.2. The van der Waals surface area contributed by atoms with Crippen molar-refractivity contribution in [3.63, 3.8) is 0 Å². The van der Waals surface area contributed by atoms with Crippen LogP contribution in [0.3, 0.4) is 0 Å². The van der Waals surface area contributed by atoms with Crippen LogP contribution in [0.1, 0.15) is 60.8 Å². The van der Waals surface area contributed by atoms with Gasteiger partial charge in [-0.3, -0.25) is 0 Å². The molecule has 0 aromatic rings. The summed E-state index contributed by atoms with van der Waals surface area (Å²) in [5.41, 5.74) is 0. The van der Waals surface area contributed by atoms with Crippen LogP contribution in [0.25, 0.3) is 0 Å². The molecule has 0 atom stereocenters. The SMILES string of the molecule is CCC(C)(C)S(=O)(=O)C(C)(CC)CC. The van der Waals surface area contributed by atoms with E-state index < -0.39 is 19.3 Å². The molecule has 0 rings (SSSR count). The number of hydrogen-bond acceptors (Lipinski definition) is 2. The van der Waals surface area contributed by atoms with Crippen LogP contribution in [0.5, 0.6) is 0 Å². The summed E-state index contributed by atoms with van der Waals surface area (Å²) >= 11 is 0. The number of sulfone groups is 1. The minimum absolute atomic E-state index is 0.563. The third-order valence-electron chi connectivity index (χ3n) is 3.72. The first-order chi connectivity index (χ1) is 6.18. The Bertz CT molecular complexity index is 272. The highest BCUT2D eigenvalue weighted by Gasteiger charge is 2.45. The zero-order valence-electron chi connectivity index (χ0n) is 10.3. The van der Waals surface area contributed by atoms with E-state index in [9.17, 15) is 8.42 Å². The predicted octanol–water partition coefficient (Wildman–Crippen LogP) is 3.17. The lowest BCUT2D eigenvalue weighted by atomic mass is 10.1. The van der Waals surface area contributed by atoms with Crippen LogP contribution >= 0.6 is 0 Å². The highest BCUT2D eigenvalue weighted by Crippen LogP contribution is 2.36. The quantitative estimate of drug-likeness (QED) is 0.713. The second-order valence-corrected chi connectivity index (χ2v) is 7.87. The zero-order chi connectivity index (χ0) is 11.6. The van der Waals surface area contributed by atoms with E-state index in [0.717, 1.165) is 0 Å². The van der Waals surface area contributed by atoms with Crippen molar-refractivity contribution in [3.05, 3.63) is 0 Å². The topological polar surface area (TPSA) is 34.1 Å². The van der Waals surface area contributed by atoms with Crippen molar-refractivity contribution in [1.29, 1.82) is 0 Å². The van der Waals surface area contributed by atoms with E-state index in [2.05, 4.69) is 0 Å². The van der Waals surface area contributed by atoms with Crippen LogP contribution in [0.15, 0.2) is 0 Å². The van der Waals surface area contributed by atoms with Gasteiger partial charge in [-0.2, -0.15) is 0 Å². The summed E-state index contributed by atoms with van der Waals surface area (Å²) in [6.45, 7) is 11.3. The molecule has 0 aliphatic heterocycles. The van der Waals surface area contributed by atoms with Crippen molar-refractivity contribution >= 4 is 9.84 Å². The molecular formula is C11H24O2S. The van der Waals surface area contributed by atoms with Gasteiger partial charge in [-0.15, -0.1) is 0 Å².